The van der Waals surface area contributed by atoms with Crippen LogP contribution < -0.4 is 0 Å². The van der Waals surface area contributed by atoms with Gasteiger partial charge in [0.2, 0.25) is 0 Å². The van der Waals surface area contributed by atoms with Gasteiger partial charge in [-0.15, -0.1) is 0 Å². The van der Waals surface area contributed by atoms with Gasteiger partial charge in [0.25, 0.3) is 0 Å². The highest BCUT2D eigenvalue weighted by molar-refractivity contribution is 6.13. The second-order valence-electron chi connectivity index (χ2n) is 24.7. The zero-order chi connectivity index (χ0) is 61.4. The first kappa shape index (κ1) is 53.9. The third kappa shape index (κ3) is 8.86. The Morgan fingerprint density at radius 3 is 1.08 bits per heavy atom. The maximum Gasteiger partial charge on any atom is 0.0713 e. The SMILES string of the molecule is c1ccc(-c2ccccc2-c2cccc(C3(c4cccc(-c5ccc(-c6ccc(-c7ccc(-n8c9ccccc9c9cc(-c%10ccc%11c(c%10)c%10ccccc%10n%11-c%10ccccc%10-c%10ccccc%10)ccc98)cc7)cc6)cc5)c4)c4ccccc4-c4ccccc43)c2)cc1. The first-order valence-corrected chi connectivity index (χ1v) is 32.2. The summed E-state index contributed by atoms with van der Waals surface area (Å²) < 4.78 is 4.85. The van der Waals surface area contributed by atoms with E-state index < -0.39 is 5.41 Å². The number of nitrogens with zero attached hydrogens (tertiary/aromatic N) is 2. The van der Waals surface area contributed by atoms with Crippen molar-refractivity contribution in [3.05, 3.63) is 386 Å². The van der Waals surface area contributed by atoms with Crippen LogP contribution in [0.25, 0.3) is 144 Å². The summed E-state index contributed by atoms with van der Waals surface area (Å²) in [5.74, 6) is 0. The summed E-state index contributed by atoms with van der Waals surface area (Å²) in [6, 6.07) is 135. The van der Waals surface area contributed by atoms with Crippen molar-refractivity contribution in [1.82, 2.24) is 9.13 Å². The highest BCUT2D eigenvalue weighted by Gasteiger charge is 2.46. The van der Waals surface area contributed by atoms with E-state index in [9.17, 15) is 0 Å². The molecule has 0 saturated heterocycles. The van der Waals surface area contributed by atoms with Crippen LogP contribution >= 0.6 is 0 Å². The maximum absolute atomic E-state index is 2.44. The molecule has 1 aliphatic rings. The Morgan fingerprint density at radius 1 is 0.183 bits per heavy atom. The van der Waals surface area contributed by atoms with Crippen molar-refractivity contribution < 1.29 is 0 Å². The van der Waals surface area contributed by atoms with Crippen LogP contribution in [0, 0.1) is 0 Å². The van der Waals surface area contributed by atoms with Crippen LogP contribution in [0.2, 0.25) is 0 Å². The molecule has 2 heteroatoms. The quantitative estimate of drug-likeness (QED) is 0.122. The van der Waals surface area contributed by atoms with E-state index in [2.05, 4.69) is 373 Å². The number of aromatic nitrogens is 2. The van der Waals surface area contributed by atoms with Crippen LogP contribution in [-0.2, 0) is 5.41 Å². The highest BCUT2D eigenvalue weighted by Crippen LogP contribution is 2.57. The molecule has 0 N–H and O–H groups in total. The molecule has 0 amide bonds. The number of para-hydroxylation sites is 3. The summed E-state index contributed by atoms with van der Waals surface area (Å²) in [6.07, 6.45) is 0. The maximum atomic E-state index is 2.44. The van der Waals surface area contributed by atoms with Gasteiger partial charge in [0, 0.05) is 32.8 Å². The van der Waals surface area contributed by atoms with Crippen molar-refractivity contribution in [2.75, 3.05) is 0 Å². The van der Waals surface area contributed by atoms with Crippen molar-refractivity contribution in [1.29, 1.82) is 0 Å². The molecule has 0 saturated carbocycles. The van der Waals surface area contributed by atoms with Gasteiger partial charge < -0.3 is 9.13 Å². The lowest BCUT2D eigenvalue weighted by molar-refractivity contribution is 0.769. The predicted molar refractivity (Wildman–Crippen MR) is 390 cm³/mol. The summed E-state index contributed by atoms with van der Waals surface area (Å²) in [4.78, 5) is 0. The van der Waals surface area contributed by atoms with Crippen LogP contribution in [0.3, 0.4) is 0 Å². The number of hydrogen-bond donors (Lipinski definition) is 0. The second kappa shape index (κ2) is 22.1. The minimum Gasteiger partial charge on any atom is -0.309 e. The topological polar surface area (TPSA) is 9.86 Å². The van der Waals surface area contributed by atoms with Gasteiger partial charge in [-0.25, -0.2) is 0 Å². The van der Waals surface area contributed by atoms with E-state index in [0.717, 1.165) is 5.69 Å². The minimum absolute atomic E-state index is 0.555. The van der Waals surface area contributed by atoms with Gasteiger partial charge in [-0.2, -0.15) is 0 Å². The van der Waals surface area contributed by atoms with Gasteiger partial charge >= 0.3 is 0 Å². The molecular formula is C91H60N2. The molecule has 434 valence electrons. The fourth-order valence-electron chi connectivity index (χ4n) is 15.4. The Kier molecular flexibility index (Phi) is 12.8. The lowest BCUT2D eigenvalue weighted by Gasteiger charge is -2.34. The van der Waals surface area contributed by atoms with Crippen molar-refractivity contribution in [3.8, 4) is 100 Å². The standard InChI is InChI=1S/C91H60N2/c1-3-21-66(22-4-1)75-29-7-8-30-76(75)71-26-20-28-73(58-71)91(84-36-14-9-32-78(84)79-33-10-15-37-85(79)91)72-27-19-25-68(57-72)65-47-45-62(46-48-65)61-41-43-63(44-42-61)64-49-53-74(54-50-64)92-87-39-17-12-34-80(87)82-59-69(51-55-89(82)92)70-52-56-90-83(60-70)81-35-13-18-40-88(81)93(90)86-38-16-11-31-77(86)67-23-5-2-6-24-67/h1-60H. The summed E-state index contributed by atoms with van der Waals surface area (Å²) in [5.41, 5.74) is 30.9. The van der Waals surface area contributed by atoms with Crippen molar-refractivity contribution >= 4 is 43.6 Å². The van der Waals surface area contributed by atoms with E-state index >= 15 is 0 Å². The largest absolute Gasteiger partial charge is 0.309 e. The number of hydrogen-bond acceptors (Lipinski definition) is 0. The van der Waals surface area contributed by atoms with Crippen molar-refractivity contribution in [2.24, 2.45) is 0 Å². The van der Waals surface area contributed by atoms with E-state index in [4.69, 9.17) is 0 Å². The predicted octanol–water partition coefficient (Wildman–Crippen LogP) is 23.9. The summed E-state index contributed by atoms with van der Waals surface area (Å²) in [6.45, 7) is 0. The number of fused-ring (bicyclic) bond motifs is 9. The lowest BCUT2D eigenvalue weighted by atomic mass is 9.67. The summed E-state index contributed by atoms with van der Waals surface area (Å²) >= 11 is 0. The van der Waals surface area contributed by atoms with Crippen LogP contribution in [0.15, 0.2) is 364 Å². The molecule has 1 aliphatic carbocycles. The fourth-order valence-corrected chi connectivity index (χ4v) is 15.4. The Bertz CT molecular complexity index is 5670. The second-order valence-corrected chi connectivity index (χ2v) is 24.7. The molecule has 0 fully saturated rings. The Hall–Kier alpha value is -12.1. The molecule has 2 aromatic heterocycles. The van der Waals surface area contributed by atoms with E-state index in [1.165, 1.54) is 161 Å². The zero-order valence-electron chi connectivity index (χ0n) is 51.0. The molecule has 2 heterocycles. The molecule has 18 rings (SSSR count). The number of rotatable bonds is 11. The molecule has 17 aromatic rings. The van der Waals surface area contributed by atoms with Gasteiger partial charge in [0.15, 0.2) is 0 Å². The minimum atomic E-state index is -0.555. The van der Waals surface area contributed by atoms with E-state index in [-0.39, 0.29) is 0 Å². The van der Waals surface area contributed by atoms with E-state index in [1.807, 2.05) is 0 Å². The van der Waals surface area contributed by atoms with Gasteiger partial charge in [-0.1, -0.05) is 297 Å². The van der Waals surface area contributed by atoms with E-state index in [0.29, 0.717) is 0 Å². The Balaban J connectivity index is 0.633. The normalized spacial score (nSPS) is 12.4. The molecule has 0 spiro atoms. The molecule has 93 heavy (non-hydrogen) atoms. The van der Waals surface area contributed by atoms with Gasteiger partial charge in [0.05, 0.1) is 33.2 Å². The van der Waals surface area contributed by atoms with E-state index in [1.54, 1.807) is 0 Å². The first-order chi connectivity index (χ1) is 46.1. The van der Waals surface area contributed by atoms with Crippen LogP contribution in [-0.4, -0.2) is 9.13 Å². The lowest BCUT2D eigenvalue weighted by Crippen LogP contribution is -2.28. The van der Waals surface area contributed by atoms with Crippen molar-refractivity contribution in [2.45, 2.75) is 5.41 Å². The van der Waals surface area contributed by atoms with Crippen molar-refractivity contribution in [3.63, 3.8) is 0 Å². The molecule has 0 aliphatic heterocycles. The molecule has 2 nitrogen and oxygen atoms in total. The Morgan fingerprint density at radius 2 is 0.527 bits per heavy atom. The molecular weight excluding hydrogens is 1120 g/mol. The summed E-state index contributed by atoms with van der Waals surface area (Å²) in [7, 11) is 0. The van der Waals surface area contributed by atoms with Crippen LogP contribution in [0.1, 0.15) is 22.3 Å². The molecule has 0 radical (unpaired) electrons. The van der Waals surface area contributed by atoms with Gasteiger partial charge in [-0.05, 0) is 172 Å². The Labute approximate surface area is 541 Å². The average molecular weight is 1180 g/mol. The van der Waals surface area contributed by atoms with Gasteiger partial charge in [-0.3, -0.25) is 0 Å². The zero-order valence-corrected chi connectivity index (χ0v) is 51.0. The molecule has 0 unspecified atom stereocenters. The molecule has 0 bridgehead atoms. The number of benzene rings is 15. The monoisotopic (exact) mass is 1180 g/mol. The van der Waals surface area contributed by atoms with Crippen LogP contribution in [0.4, 0.5) is 0 Å². The third-order valence-electron chi connectivity index (χ3n) is 19.7. The molecule has 0 atom stereocenters. The fraction of sp³-hybridized carbons (Fsp3) is 0.0110. The third-order valence-corrected chi connectivity index (χ3v) is 19.7. The smallest absolute Gasteiger partial charge is 0.0713 e. The first-order valence-electron chi connectivity index (χ1n) is 32.2. The van der Waals surface area contributed by atoms with Gasteiger partial charge in [0.1, 0.15) is 0 Å². The van der Waals surface area contributed by atoms with Crippen LogP contribution in [0.5, 0.6) is 0 Å². The average Bonchev–Trinajstić information content (AvgIpc) is 1.57. The summed E-state index contributed by atoms with van der Waals surface area (Å²) in [5, 5.41) is 4.95. The highest BCUT2D eigenvalue weighted by atomic mass is 15.0. The molecule has 15 aromatic carbocycles.